The van der Waals surface area contributed by atoms with Crippen LogP contribution in [-0.4, -0.2) is 32.8 Å². The van der Waals surface area contributed by atoms with Gasteiger partial charge in [-0.1, -0.05) is 6.92 Å². The van der Waals surface area contributed by atoms with Crippen LogP contribution in [0, 0.1) is 13.8 Å². The summed E-state index contributed by atoms with van der Waals surface area (Å²) in [6.07, 6.45) is 6.05. The molecule has 0 atom stereocenters. The molecule has 102 valence electrons. The van der Waals surface area contributed by atoms with Crippen LogP contribution < -0.4 is 5.32 Å². The zero-order valence-corrected chi connectivity index (χ0v) is 11.8. The number of rotatable bonds is 6. The Balaban J connectivity index is 2.03. The Bertz CT molecular complexity index is 512. The number of hydrogen-bond donors (Lipinski definition) is 1. The summed E-state index contributed by atoms with van der Waals surface area (Å²) in [5.41, 5.74) is 3.15. The van der Waals surface area contributed by atoms with Crippen LogP contribution >= 0.6 is 0 Å². The van der Waals surface area contributed by atoms with Crippen molar-refractivity contribution in [3.8, 4) is 5.95 Å². The number of hydrogen-bond acceptors (Lipinski definition) is 4. The SMILES string of the molecule is CCNCCCc1cnn(-c2nc(C)cc(C)n2)c1. The van der Waals surface area contributed by atoms with Crippen molar-refractivity contribution in [2.75, 3.05) is 13.1 Å². The minimum absolute atomic E-state index is 0.649. The molecule has 5 nitrogen and oxygen atoms in total. The van der Waals surface area contributed by atoms with Gasteiger partial charge in [-0.25, -0.2) is 14.6 Å². The minimum atomic E-state index is 0.649. The maximum absolute atomic E-state index is 4.40. The van der Waals surface area contributed by atoms with Crippen molar-refractivity contribution in [1.29, 1.82) is 0 Å². The van der Waals surface area contributed by atoms with Gasteiger partial charge in [0, 0.05) is 17.6 Å². The van der Waals surface area contributed by atoms with E-state index in [0.29, 0.717) is 5.95 Å². The van der Waals surface area contributed by atoms with Crippen molar-refractivity contribution >= 4 is 0 Å². The average Bonchev–Trinajstić information content (AvgIpc) is 2.82. The maximum Gasteiger partial charge on any atom is 0.250 e. The third-order valence-electron chi connectivity index (χ3n) is 2.88. The Morgan fingerprint density at radius 1 is 1.21 bits per heavy atom. The molecular weight excluding hydrogens is 238 g/mol. The van der Waals surface area contributed by atoms with Gasteiger partial charge in [-0.15, -0.1) is 0 Å². The van der Waals surface area contributed by atoms with Gasteiger partial charge >= 0.3 is 0 Å². The molecule has 0 aliphatic rings. The van der Waals surface area contributed by atoms with Crippen LogP contribution in [0.5, 0.6) is 0 Å². The molecule has 0 unspecified atom stereocenters. The van der Waals surface area contributed by atoms with E-state index in [2.05, 4.69) is 27.3 Å². The fourth-order valence-electron chi connectivity index (χ4n) is 2.00. The highest BCUT2D eigenvalue weighted by molar-refractivity contribution is 5.19. The summed E-state index contributed by atoms with van der Waals surface area (Å²) >= 11 is 0. The molecule has 0 saturated heterocycles. The second-order valence-corrected chi connectivity index (χ2v) is 4.70. The fourth-order valence-corrected chi connectivity index (χ4v) is 2.00. The van der Waals surface area contributed by atoms with Crippen molar-refractivity contribution < 1.29 is 0 Å². The standard InChI is InChI=1S/C14H21N5/c1-4-15-7-5-6-13-9-16-19(10-13)14-17-11(2)8-12(3)18-14/h8-10,15H,4-7H2,1-3H3. The van der Waals surface area contributed by atoms with E-state index in [1.54, 1.807) is 4.68 Å². The molecule has 5 heteroatoms. The predicted octanol–water partition coefficient (Wildman–Crippen LogP) is 1.82. The van der Waals surface area contributed by atoms with Crippen LogP contribution in [0.4, 0.5) is 0 Å². The summed E-state index contributed by atoms with van der Waals surface area (Å²) in [5.74, 6) is 0.649. The molecule has 2 aromatic heterocycles. The highest BCUT2D eigenvalue weighted by Gasteiger charge is 2.05. The molecule has 0 radical (unpaired) electrons. The van der Waals surface area contributed by atoms with E-state index in [9.17, 15) is 0 Å². The summed E-state index contributed by atoms with van der Waals surface area (Å²) < 4.78 is 1.75. The summed E-state index contributed by atoms with van der Waals surface area (Å²) in [5, 5.41) is 7.66. The van der Waals surface area contributed by atoms with Crippen molar-refractivity contribution in [3.05, 3.63) is 35.4 Å². The lowest BCUT2D eigenvalue weighted by molar-refractivity contribution is 0.672. The van der Waals surface area contributed by atoms with E-state index in [1.165, 1.54) is 5.56 Å². The third kappa shape index (κ3) is 3.86. The van der Waals surface area contributed by atoms with Gasteiger partial charge in [-0.2, -0.15) is 5.10 Å². The molecule has 0 saturated carbocycles. The van der Waals surface area contributed by atoms with E-state index < -0.39 is 0 Å². The summed E-state index contributed by atoms with van der Waals surface area (Å²) in [6.45, 7) is 8.13. The monoisotopic (exact) mass is 259 g/mol. The number of nitrogens with zero attached hydrogens (tertiary/aromatic N) is 4. The van der Waals surface area contributed by atoms with Gasteiger partial charge in [0.25, 0.3) is 5.95 Å². The van der Waals surface area contributed by atoms with Crippen molar-refractivity contribution in [3.63, 3.8) is 0 Å². The Hall–Kier alpha value is -1.75. The third-order valence-corrected chi connectivity index (χ3v) is 2.88. The van der Waals surface area contributed by atoms with Crippen LogP contribution in [0.25, 0.3) is 5.95 Å². The van der Waals surface area contributed by atoms with E-state index in [-0.39, 0.29) is 0 Å². The molecule has 2 heterocycles. The van der Waals surface area contributed by atoms with Crippen molar-refractivity contribution in [2.24, 2.45) is 0 Å². The molecule has 1 N–H and O–H groups in total. The molecule has 0 bridgehead atoms. The van der Waals surface area contributed by atoms with Crippen LogP contribution in [0.3, 0.4) is 0 Å². The zero-order valence-electron chi connectivity index (χ0n) is 11.8. The lowest BCUT2D eigenvalue weighted by Crippen LogP contribution is -2.14. The highest BCUT2D eigenvalue weighted by atomic mass is 15.3. The van der Waals surface area contributed by atoms with Crippen LogP contribution in [0.2, 0.25) is 0 Å². The molecule has 0 amide bonds. The predicted molar refractivity (Wildman–Crippen MR) is 75.5 cm³/mol. The summed E-state index contributed by atoms with van der Waals surface area (Å²) in [4.78, 5) is 8.81. The summed E-state index contributed by atoms with van der Waals surface area (Å²) in [6, 6.07) is 1.96. The van der Waals surface area contributed by atoms with Gasteiger partial charge < -0.3 is 5.32 Å². The van der Waals surface area contributed by atoms with E-state index in [0.717, 1.165) is 37.3 Å². The second kappa shape index (κ2) is 6.43. The molecule has 0 fully saturated rings. The number of nitrogens with one attached hydrogen (secondary N) is 1. The lowest BCUT2D eigenvalue weighted by atomic mass is 10.2. The van der Waals surface area contributed by atoms with Crippen LogP contribution in [0.1, 0.15) is 30.3 Å². The normalized spacial score (nSPS) is 10.9. The van der Waals surface area contributed by atoms with Gasteiger partial charge in [0.1, 0.15) is 0 Å². The topological polar surface area (TPSA) is 55.6 Å². The van der Waals surface area contributed by atoms with Gasteiger partial charge in [0.05, 0.1) is 6.20 Å². The first-order valence-electron chi connectivity index (χ1n) is 6.76. The van der Waals surface area contributed by atoms with E-state index in [4.69, 9.17) is 0 Å². The van der Waals surface area contributed by atoms with Gasteiger partial charge in [-0.3, -0.25) is 0 Å². The quantitative estimate of drug-likeness (QED) is 0.804. The Labute approximate surface area is 114 Å². The first kappa shape index (κ1) is 13.7. The molecule has 2 aromatic rings. The van der Waals surface area contributed by atoms with Gasteiger partial charge in [-0.05, 0) is 51.4 Å². The largest absolute Gasteiger partial charge is 0.317 e. The second-order valence-electron chi connectivity index (χ2n) is 4.70. The Kier molecular flexibility index (Phi) is 4.63. The molecule has 0 spiro atoms. The fraction of sp³-hybridized carbons (Fsp3) is 0.500. The highest BCUT2D eigenvalue weighted by Crippen LogP contribution is 2.07. The lowest BCUT2D eigenvalue weighted by Gasteiger charge is -2.02. The molecule has 0 aliphatic heterocycles. The van der Waals surface area contributed by atoms with Crippen molar-refractivity contribution in [2.45, 2.75) is 33.6 Å². The Morgan fingerprint density at radius 3 is 2.63 bits per heavy atom. The molecule has 19 heavy (non-hydrogen) atoms. The van der Waals surface area contributed by atoms with E-state index in [1.807, 2.05) is 32.3 Å². The molecule has 2 rings (SSSR count). The zero-order chi connectivity index (χ0) is 13.7. The molecule has 0 aliphatic carbocycles. The maximum atomic E-state index is 4.40. The van der Waals surface area contributed by atoms with Crippen LogP contribution in [0.15, 0.2) is 18.5 Å². The molecular formula is C14H21N5. The van der Waals surface area contributed by atoms with Gasteiger partial charge in [0.2, 0.25) is 0 Å². The smallest absolute Gasteiger partial charge is 0.250 e. The average molecular weight is 259 g/mol. The first-order valence-corrected chi connectivity index (χ1v) is 6.76. The van der Waals surface area contributed by atoms with Crippen molar-refractivity contribution in [1.82, 2.24) is 25.1 Å². The number of aromatic nitrogens is 4. The van der Waals surface area contributed by atoms with E-state index >= 15 is 0 Å². The number of aryl methyl sites for hydroxylation is 3. The molecule has 0 aromatic carbocycles. The van der Waals surface area contributed by atoms with Gasteiger partial charge in [0.15, 0.2) is 0 Å². The first-order chi connectivity index (χ1) is 9.19. The minimum Gasteiger partial charge on any atom is -0.317 e. The Morgan fingerprint density at radius 2 is 1.95 bits per heavy atom. The summed E-state index contributed by atoms with van der Waals surface area (Å²) in [7, 11) is 0. The van der Waals surface area contributed by atoms with Crippen LogP contribution in [-0.2, 0) is 6.42 Å².